The Kier molecular flexibility index (Phi) is 3.84. The van der Waals surface area contributed by atoms with Crippen molar-refractivity contribution in [2.45, 2.75) is 31.7 Å². The zero-order chi connectivity index (χ0) is 13.3. The monoisotopic (exact) mass is 248 g/mol. The molecule has 0 aliphatic heterocycles. The third kappa shape index (κ3) is 2.98. The van der Waals surface area contributed by atoms with E-state index in [1.165, 1.54) is 26.2 Å². The Bertz CT molecular complexity index is 386. The predicted molar refractivity (Wildman–Crippen MR) is 57.5 cm³/mol. The minimum atomic E-state index is -4.41. The summed E-state index contributed by atoms with van der Waals surface area (Å²) in [5.74, 6) is 0. The molecule has 0 spiro atoms. The minimum Gasteiger partial charge on any atom is -0.383 e. The fourth-order valence-corrected chi connectivity index (χ4v) is 1.47. The molecule has 0 saturated carbocycles. The van der Waals surface area contributed by atoms with Crippen molar-refractivity contribution in [2.75, 3.05) is 7.11 Å². The van der Waals surface area contributed by atoms with Gasteiger partial charge in [0.25, 0.3) is 0 Å². The van der Waals surface area contributed by atoms with Crippen molar-refractivity contribution in [2.24, 2.45) is 0 Å². The van der Waals surface area contributed by atoms with E-state index >= 15 is 0 Å². The first kappa shape index (κ1) is 14.0. The summed E-state index contributed by atoms with van der Waals surface area (Å²) in [4.78, 5) is 0. The Morgan fingerprint density at radius 1 is 1.24 bits per heavy atom. The van der Waals surface area contributed by atoms with Crippen LogP contribution in [0.4, 0.5) is 13.2 Å². The van der Waals surface area contributed by atoms with E-state index in [9.17, 15) is 18.3 Å². The largest absolute Gasteiger partial charge is 0.416 e. The van der Waals surface area contributed by atoms with Crippen molar-refractivity contribution in [1.29, 1.82) is 0 Å². The van der Waals surface area contributed by atoms with Crippen LogP contribution in [-0.2, 0) is 16.5 Å². The highest BCUT2D eigenvalue weighted by Crippen LogP contribution is 2.33. The van der Waals surface area contributed by atoms with Crippen molar-refractivity contribution in [3.05, 3.63) is 35.4 Å². The van der Waals surface area contributed by atoms with Crippen LogP contribution in [0.5, 0.6) is 0 Å². The van der Waals surface area contributed by atoms with Crippen LogP contribution < -0.4 is 0 Å². The van der Waals surface area contributed by atoms with E-state index in [1.54, 1.807) is 6.92 Å². The van der Waals surface area contributed by atoms with Gasteiger partial charge < -0.3 is 9.84 Å². The maximum atomic E-state index is 12.5. The molecular weight excluding hydrogens is 233 g/mol. The third-order valence-electron chi connectivity index (χ3n) is 2.92. The molecule has 0 heterocycles. The van der Waals surface area contributed by atoms with Crippen LogP contribution in [0.2, 0.25) is 0 Å². The molecule has 2 atom stereocenters. The standard InChI is InChI=1S/C12H15F3O2/c1-8(17-3)11(2,16)9-5-4-6-10(7-9)12(13,14)15/h4-8,16H,1-3H3. The Labute approximate surface area is 98.0 Å². The van der Waals surface area contributed by atoms with Gasteiger partial charge in [-0.25, -0.2) is 0 Å². The van der Waals surface area contributed by atoms with E-state index in [-0.39, 0.29) is 5.56 Å². The number of halogens is 3. The smallest absolute Gasteiger partial charge is 0.383 e. The number of ether oxygens (including phenoxy) is 1. The quantitative estimate of drug-likeness (QED) is 0.891. The van der Waals surface area contributed by atoms with Gasteiger partial charge in [-0.1, -0.05) is 12.1 Å². The van der Waals surface area contributed by atoms with Gasteiger partial charge in [-0.2, -0.15) is 13.2 Å². The lowest BCUT2D eigenvalue weighted by atomic mass is 9.90. The molecule has 0 aromatic heterocycles. The van der Waals surface area contributed by atoms with Gasteiger partial charge in [0.05, 0.1) is 11.7 Å². The summed E-state index contributed by atoms with van der Waals surface area (Å²) in [5.41, 5.74) is -2.06. The molecule has 5 heteroatoms. The minimum absolute atomic E-state index is 0.182. The van der Waals surface area contributed by atoms with Gasteiger partial charge in [0.1, 0.15) is 5.60 Å². The number of rotatable bonds is 3. The summed E-state index contributed by atoms with van der Waals surface area (Å²) in [6, 6.07) is 4.63. The topological polar surface area (TPSA) is 29.5 Å². The molecule has 2 nitrogen and oxygen atoms in total. The molecular formula is C12H15F3O2. The van der Waals surface area contributed by atoms with Gasteiger partial charge in [0, 0.05) is 7.11 Å². The summed E-state index contributed by atoms with van der Waals surface area (Å²) in [6.07, 6.45) is -5.02. The predicted octanol–water partition coefficient (Wildman–Crippen LogP) is 2.95. The number of hydrogen-bond donors (Lipinski definition) is 1. The average Bonchev–Trinajstić information content (AvgIpc) is 2.27. The van der Waals surface area contributed by atoms with Gasteiger partial charge in [-0.15, -0.1) is 0 Å². The van der Waals surface area contributed by atoms with Crippen LogP contribution in [0.3, 0.4) is 0 Å². The molecule has 96 valence electrons. The van der Waals surface area contributed by atoms with E-state index in [0.29, 0.717) is 0 Å². The Morgan fingerprint density at radius 2 is 1.76 bits per heavy atom. The van der Waals surface area contributed by atoms with Crippen molar-refractivity contribution in [3.63, 3.8) is 0 Å². The first-order valence-electron chi connectivity index (χ1n) is 5.12. The summed E-state index contributed by atoms with van der Waals surface area (Å²) in [6.45, 7) is 3.02. The Balaban J connectivity index is 3.16. The fourth-order valence-electron chi connectivity index (χ4n) is 1.47. The van der Waals surface area contributed by atoms with Gasteiger partial charge in [0.2, 0.25) is 0 Å². The first-order valence-corrected chi connectivity index (χ1v) is 5.12. The average molecular weight is 248 g/mol. The van der Waals surface area contributed by atoms with Gasteiger partial charge in [-0.3, -0.25) is 0 Å². The normalized spacial score (nSPS) is 17.6. The molecule has 0 fully saturated rings. The highest BCUT2D eigenvalue weighted by atomic mass is 19.4. The maximum Gasteiger partial charge on any atom is 0.416 e. The summed E-state index contributed by atoms with van der Waals surface area (Å²) in [5, 5.41) is 10.2. The third-order valence-corrected chi connectivity index (χ3v) is 2.92. The first-order chi connectivity index (χ1) is 7.69. The van der Waals surface area contributed by atoms with E-state index in [2.05, 4.69) is 0 Å². The highest BCUT2D eigenvalue weighted by Gasteiger charge is 2.35. The zero-order valence-corrected chi connectivity index (χ0v) is 9.88. The van der Waals surface area contributed by atoms with Crippen molar-refractivity contribution >= 4 is 0 Å². The van der Waals surface area contributed by atoms with E-state index < -0.39 is 23.4 Å². The SMILES string of the molecule is COC(C)C(C)(O)c1cccc(C(F)(F)F)c1. The number of benzene rings is 1. The van der Waals surface area contributed by atoms with Crippen LogP contribution in [0.1, 0.15) is 25.0 Å². The molecule has 0 aliphatic carbocycles. The van der Waals surface area contributed by atoms with Crippen LogP contribution in [0.15, 0.2) is 24.3 Å². The van der Waals surface area contributed by atoms with Crippen LogP contribution in [0, 0.1) is 0 Å². The van der Waals surface area contributed by atoms with Crippen LogP contribution >= 0.6 is 0 Å². The molecule has 0 aliphatic rings. The zero-order valence-electron chi connectivity index (χ0n) is 9.88. The Morgan fingerprint density at radius 3 is 2.24 bits per heavy atom. The number of aliphatic hydroxyl groups is 1. The molecule has 1 aromatic rings. The molecule has 0 bridgehead atoms. The molecule has 0 saturated heterocycles. The summed E-state index contributed by atoms with van der Waals surface area (Å²) >= 11 is 0. The molecule has 17 heavy (non-hydrogen) atoms. The molecule has 0 radical (unpaired) electrons. The second kappa shape index (κ2) is 4.66. The van der Waals surface area contributed by atoms with Gasteiger partial charge >= 0.3 is 6.18 Å². The molecule has 1 aromatic carbocycles. The van der Waals surface area contributed by atoms with E-state index in [4.69, 9.17) is 4.74 Å². The molecule has 2 unspecified atom stereocenters. The van der Waals surface area contributed by atoms with E-state index in [1.807, 2.05) is 0 Å². The number of alkyl halides is 3. The van der Waals surface area contributed by atoms with E-state index in [0.717, 1.165) is 12.1 Å². The molecule has 1 N–H and O–H groups in total. The Hall–Kier alpha value is -1.07. The lowest BCUT2D eigenvalue weighted by Gasteiger charge is -2.30. The second-order valence-electron chi connectivity index (χ2n) is 4.10. The highest BCUT2D eigenvalue weighted by molar-refractivity contribution is 5.30. The number of methoxy groups -OCH3 is 1. The summed E-state index contributed by atoms with van der Waals surface area (Å²) in [7, 11) is 1.40. The fraction of sp³-hybridized carbons (Fsp3) is 0.500. The molecule has 1 rings (SSSR count). The van der Waals surface area contributed by atoms with Crippen molar-refractivity contribution in [3.8, 4) is 0 Å². The van der Waals surface area contributed by atoms with Crippen LogP contribution in [0.25, 0.3) is 0 Å². The number of hydrogen-bond acceptors (Lipinski definition) is 2. The lowest BCUT2D eigenvalue weighted by Crippen LogP contribution is -2.35. The van der Waals surface area contributed by atoms with Crippen molar-refractivity contribution in [1.82, 2.24) is 0 Å². The van der Waals surface area contributed by atoms with Crippen molar-refractivity contribution < 1.29 is 23.0 Å². The van der Waals surface area contributed by atoms with Crippen LogP contribution in [-0.4, -0.2) is 18.3 Å². The summed E-state index contributed by atoms with van der Waals surface area (Å²) < 4.78 is 42.5. The lowest BCUT2D eigenvalue weighted by molar-refractivity contribution is -0.138. The van der Waals surface area contributed by atoms with Gasteiger partial charge in [-0.05, 0) is 31.5 Å². The second-order valence-corrected chi connectivity index (χ2v) is 4.10. The van der Waals surface area contributed by atoms with Gasteiger partial charge in [0.15, 0.2) is 0 Å². The molecule has 0 amide bonds. The maximum absolute atomic E-state index is 12.5.